The van der Waals surface area contributed by atoms with Crippen molar-refractivity contribution in [1.82, 2.24) is 14.1 Å². The smallest absolute Gasteiger partial charge is 0.253 e. The van der Waals surface area contributed by atoms with Crippen LogP contribution in [0.15, 0.2) is 29.2 Å². The molecule has 7 nitrogen and oxygen atoms in total. The lowest BCUT2D eigenvalue weighted by molar-refractivity contribution is 0.0145. The van der Waals surface area contributed by atoms with Crippen LogP contribution in [0.4, 0.5) is 0 Å². The number of carbonyl (C=O) groups excluding carboxylic acids is 1. The molecule has 3 saturated heterocycles. The van der Waals surface area contributed by atoms with Crippen LogP contribution in [0, 0.1) is 0 Å². The van der Waals surface area contributed by atoms with Crippen molar-refractivity contribution in [3.8, 4) is 0 Å². The van der Waals surface area contributed by atoms with Gasteiger partial charge in [-0.3, -0.25) is 4.79 Å². The third-order valence-electron chi connectivity index (χ3n) is 7.13. The summed E-state index contributed by atoms with van der Waals surface area (Å²) in [4.78, 5) is 17.7. The molecule has 0 N–H and O–H groups in total. The van der Waals surface area contributed by atoms with Crippen LogP contribution in [0.2, 0.25) is 0 Å². The Bertz CT molecular complexity index is 836. The SMILES string of the molecule is COC1CCN(C2CCN(C(=O)c3ccc(S(=O)(=O)N4CCCCC4)cc3)CC2)CC1. The number of likely N-dealkylation sites (tertiary alicyclic amines) is 2. The van der Waals surface area contributed by atoms with Gasteiger partial charge in [0.1, 0.15) is 0 Å². The first-order valence-corrected chi connectivity index (χ1v) is 13.1. The molecule has 31 heavy (non-hydrogen) atoms. The van der Waals surface area contributed by atoms with E-state index in [1.165, 1.54) is 0 Å². The maximum absolute atomic E-state index is 13.0. The molecule has 0 aromatic heterocycles. The maximum Gasteiger partial charge on any atom is 0.253 e. The highest BCUT2D eigenvalue weighted by molar-refractivity contribution is 7.89. The molecule has 172 valence electrons. The Hall–Kier alpha value is -1.48. The number of benzene rings is 1. The molecule has 0 bridgehead atoms. The standard InChI is InChI=1S/C23H35N3O4S/c1-30-21-11-17-24(18-12-21)20-9-15-25(16-10-20)23(27)19-5-7-22(8-6-19)31(28,29)26-13-3-2-4-14-26/h5-8,20-21H,2-4,9-18H2,1H3. The molecular formula is C23H35N3O4S. The third kappa shape index (κ3) is 5.13. The topological polar surface area (TPSA) is 70.2 Å². The Labute approximate surface area is 186 Å². The lowest BCUT2D eigenvalue weighted by Gasteiger charge is -2.41. The van der Waals surface area contributed by atoms with Gasteiger partial charge in [0, 0.05) is 58.0 Å². The number of piperidine rings is 3. The zero-order valence-corrected chi connectivity index (χ0v) is 19.4. The van der Waals surface area contributed by atoms with Crippen LogP contribution >= 0.6 is 0 Å². The van der Waals surface area contributed by atoms with Crippen LogP contribution in [-0.4, -0.2) is 87.0 Å². The molecule has 3 aliphatic rings. The average Bonchev–Trinajstić information content (AvgIpc) is 2.84. The van der Waals surface area contributed by atoms with E-state index < -0.39 is 10.0 Å². The van der Waals surface area contributed by atoms with Crippen LogP contribution in [0.3, 0.4) is 0 Å². The highest BCUT2D eigenvalue weighted by Crippen LogP contribution is 2.24. The fraction of sp³-hybridized carbons (Fsp3) is 0.696. The summed E-state index contributed by atoms with van der Waals surface area (Å²) in [6.45, 7) is 4.82. The van der Waals surface area contributed by atoms with Gasteiger partial charge < -0.3 is 14.5 Å². The monoisotopic (exact) mass is 449 g/mol. The van der Waals surface area contributed by atoms with Crippen molar-refractivity contribution in [2.75, 3.05) is 46.4 Å². The highest BCUT2D eigenvalue weighted by Gasteiger charge is 2.30. The lowest BCUT2D eigenvalue weighted by Crippen LogP contribution is -2.49. The Morgan fingerprint density at radius 1 is 0.871 bits per heavy atom. The molecule has 1 aromatic carbocycles. The molecule has 1 amide bonds. The van der Waals surface area contributed by atoms with Gasteiger partial charge in [0.15, 0.2) is 0 Å². The quantitative estimate of drug-likeness (QED) is 0.691. The van der Waals surface area contributed by atoms with E-state index >= 15 is 0 Å². The molecule has 0 aliphatic carbocycles. The summed E-state index contributed by atoms with van der Waals surface area (Å²) >= 11 is 0. The minimum atomic E-state index is -3.46. The Balaban J connectivity index is 1.32. The number of hydrogen-bond acceptors (Lipinski definition) is 5. The summed E-state index contributed by atoms with van der Waals surface area (Å²) in [6.07, 6.45) is 7.45. The molecular weight excluding hydrogens is 414 g/mol. The van der Waals surface area contributed by atoms with E-state index in [1.54, 1.807) is 35.7 Å². The van der Waals surface area contributed by atoms with Crippen LogP contribution in [0.5, 0.6) is 0 Å². The third-order valence-corrected chi connectivity index (χ3v) is 9.04. The Kier molecular flexibility index (Phi) is 7.31. The number of carbonyl (C=O) groups is 1. The zero-order valence-electron chi connectivity index (χ0n) is 18.5. The van der Waals surface area contributed by atoms with E-state index in [0.29, 0.717) is 30.8 Å². The molecule has 4 rings (SSSR count). The summed E-state index contributed by atoms with van der Waals surface area (Å²) in [5, 5.41) is 0. The predicted octanol–water partition coefficient (Wildman–Crippen LogP) is 2.58. The number of rotatable bonds is 5. The van der Waals surface area contributed by atoms with Gasteiger partial charge in [-0.15, -0.1) is 0 Å². The first-order valence-electron chi connectivity index (χ1n) is 11.7. The minimum Gasteiger partial charge on any atom is -0.381 e. The van der Waals surface area contributed by atoms with Crippen LogP contribution in [0.1, 0.15) is 55.3 Å². The van der Waals surface area contributed by atoms with Crippen molar-refractivity contribution in [3.63, 3.8) is 0 Å². The number of sulfonamides is 1. The zero-order chi connectivity index (χ0) is 21.8. The van der Waals surface area contributed by atoms with Crippen LogP contribution < -0.4 is 0 Å². The molecule has 0 unspecified atom stereocenters. The second-order valence-electron chi connectivity index (χ2n) is 8.98. The van der Waals surface area contributed by atoms with Crippen LogP contribution in [-0.2, 0) is 14.8 Å². The van der Waals surface area contributed by atoms with Gasteiger partial charge in [-0.25, -0.2) is 8.42 Å². The van der Waals surface area contributed by atoms with Crippen molar-refractivity contribution < 1.29 is 17.9 Å². The van der Waals surface area contributed by atoms with Gasteiger partial charge in [0.05, 0.1) is 11.0 Å². The largest absolute Gasteiger partial charge is 0.381 e. The molecule has 8 heteroatoms. The van der Waals surface area contributed by atoms with Gasteiger partial charge >= 0.3 is 0 Å². The molecule has 0 spiro atoms. The molecule has 3 heterocycles. The molecule has 0 atom stereocenters. The highest BCUT2D eigenvalue weighted by atomic mass is 32.2. The first-order chi connectivity index (χ1) is 15.0. The van der Waals surface area contributed by atoms with E-state index in [-0.39, 0.29) is 10.8 Å². The first kappa shape index (κ1) is 22.7. The van der Waals surface area contributed by atoms with Crippen molar-refractivity contribution in [2.24, 2.45) is 0 Å². The molecule has 0 radical (unpaired) electrons. The maximum atomic E-state index is 13.0. The Morgan fingerprint density at radius 3 is 2.06 bits per heavy atom. The van der Waals surface area contributed by atoms with Crippen LogP contribution in [0.25, 0.3) is 0 Å². The number of hydrogen-bond donors (Lipinski definition) is 0. The number of methoxy groups -OCH3 is 1. The van der Waals surface area contributed by atoms with Gasteiger partial charge in [-0.05, 0) is 62.8 Å². The Morgan fingerprint density at radius 2 is 1.48 bits per heavy atom. The van der Waals surface area contributed by atoms with E-state index in [2.05, 4.69) is 4.90 Å². The van der Waals surface area contributed by atoms with E-state index in [4.69, 9.17) is 4.74 Å². The van der Waals surface area contributed by atoms with Gasteiger partial charge in [-0.1, -0.05) is 6.42 Å². The number of nitrogens with zero attached hydrogens (tertiary/aromatic N) is 3. The second kappa shape index (κ2) is 9.98. The molecule has 1 aromatic rings. The van der Waals surface area contributed by atoms with Crippen molar-refractivity contribution in [1.29, 1.82) is 0 Å². The molecule has 3 aliphatic heterocycles. The normalized spacial score (nSPS) is 23.2. The summed E-state index contributed by atoms with van der Waals surface area (Å²) in [5.74, 6) is -0.00142. The predicted molar refractivity (Wildman–Crippen MR) is 120 cm³/mol. The number of ether oxygens (including phenoxy) is 1. The van der Waals surface area contributed by atoms with Gasteiger partial charge in [0.25, 0.3) is 5.91 Å². The second-order valence-corrected chi connectivity index (χ2v) is 10.9. The summed E-state index contributed by atoms with van der Waals surface area (Å²) in [6, 6.07) is 7.05. The molecule has 0 saturated carbocycles. The lowest BCUT2D eigenvalue weighted by atomic mass is 9.98. The summed E-state index contributed by atoms with van der Waals surface area (Å²) in [5.41, 5.74) is 0.567. The fourth-order valence-electron chi connectivity index (χ4n) is 5.12. The average molecular weight is 450 g/mol. The minimum absolute atomic E-state index is 0.00142. The summed E-state index contributed by atoms with van der Waals surface area (Å²) in [7, 11) is -1.67. The van der Waals surface area contributed by atoms with Crippen molar-refractivity contribution in [2.45, 2.75) is 62.0 Å². The van der Waals surface area contributed by atoms with Crippen molar-refractivity contribution in [3.05, 3.63) is 29.8 Å². The number of amides is 1. The fourth-order valence-corrected chi connectivity index (χ4v) is 6.63. The van der Waals surface area contributed by atoms with Gasteiger partial charge in [-0.2, -0.15) is 4.31 Å². The van der Waals surface area contributed by atoms with E-state index in [9.17, 15) is 13.2 Å². The van der Waals surface area contributed by atoms with Crippen molar-refractivity contribution >= 4 is 15.9 Å². The summed E-state index contributed by atoms with van der Waals surface area (Å²) < 4.78 is 32.7. The van der Waals surface area contributed by atoms with E-state index in [1.807, 2.05) is 4.90 Å². The van der Waals surface area contributed by atoms with E-state index in [0.717, 1.165) is 71.1 Å². The van der Waals surface area contributed by atoms with Gasteiger partial charge in [0.2, 0.25) is 10.0 Å². The molecule has 3 fully saturated rings.